The number of benzene rings is 1. The Morgan fingerprint density at radius 2 is 1.71 bits per heavy atom. The van der Waals surface area contributed by atoms with Gasteiger partial charge in [0.1, 0.15) is 5.69 Å². The number of methoxy groups -OCH3 is 1. The van der Waals surface area contributed by atoms with E-state index in [2.05, 4.69) is 6.92 Å². The highest BCUT2D eigenvalue weighted by molar-refractivity contribution is 6.07. The lowest BCUT2D eigenvalue weighted by Crippen LogP contribution is -2.40. The zero-order valence-electron chi connectivity index (χ0n) is 17.6. The fourth-order valence-corrected chi connectivity index (χ4v) is 3.37. The normalized spacial score (nSPS) is 11.8. The number of Topliss-reactive ketones (excluding diaryl/α,β-unsaturated/α-hetero) is 1. The molecule has 1 aromatic heterocycles. The van der Waals surface area contributed by atoms with Crippen molar-refractivity contribution in [2.75, 3.05) is 14.2 Å². The molecular formula is C22H28N2O4. The number of ketones is 1. The molecule has 6 nitrogen and oxygen atoms in total. The molecule has 0 aliphatic heterocycles. The molecule has 0 spiro atoms. The Kier molecular flexibility index (Phi) is 6.44. The lowest BCUT2D eigenvalue weighted by Gasteiger charge is -2.24. The number of ether oxygens (including phenoxy) is 1. The molecule has 2 rings (SSSR count). The minimum absolute atomic E-state index is 0.207. The first-order chi connectivity index (χ1) is 13.1. The summed E-state index contributed by atoms with van der Waals surface area (Å²) in [6, 6.07) is 6.72. The standard InChI is InChI=1S/C22H28N2O4/c1-8-16-9-11-17(12-10-16)21(26)24(6)15(4)20(25)18-13(2)19(22(27)28-7)23(5)14(18)3/h9-12,15H,8H2,1-7H3. The van der Waals surface area contributed by atoms with E-state index < -0.39 is 12.0 Å². The maximum Gasteiger partial charge on any atom is 0.354 e. The van der Waals surface area contributed by atoms with Gasteiger partial charge in [-0.1, -0.05) is 19.1 Å². The molecule has 0 saturated carbocycles. The van der Waals surface area contributed by atoms with Gasteiger partial charge >= 0.3 is 5.97 Å². The molecule has 1 amide bonds. The first-order valence-corrected chi connectivity index (χ1v) is 9.30. The van der Waals surface area contributed by atoms with Gasteiger partial charge in [-0.3, -0.25) is 9.59 Å². The third kappa shape index (κ3) is 3.72. The van der Waals surface area contributed by atoms with E-state index in [9.17, 15) is 14.4 Å². The average Bonchev–Trinajstić information content (AvgIpc) is 2.93. The van der Waals surface area contributed by atoms with Crippen LogP contribution in [0.25, 0.3) is 0 Å². The Balaban J connectivity index is 2.33. The second-order valence-corrected chi connectivity index (χ2v) is 6.99. The quantitative estimate of drug-likeness (QED) is 0.566. The molecule has 1 aromatic carbocycles. The molecule has 1 unspecified atom stereocenters. The predicted octanol–water partition coefficient (Wildman–Crippen LogP) is 3.33. The molecule has 0 bridgehead atoms. The summed E-state index contributed by atoms with van der Waals surface area (Å²) in [4.78, 5) is 39.5. The smallest absolute Gasteiger partial charge is 0.354 e. The van der Waals surface area contributed by atoms with Crippen LogP contribution >= 0.6 is 0 Å². The van der Waals surface area contributed by atoms with Crippen molar-refractivity contribution in [2.45, 2.75) is 40.2 Å². The maximum atomic E-state index is 13.2. The minimum Gasteiger partial charge on any atom is -0.464 e. The van der Waals surface area contributed by atoms with Gasteiger partial charge in [0, 0.05) is 30.9 Å². The summed E-state index contributed by atoms with van der Waals surface area (Å²) < 4.78 is 6.49. The third-order valence-corrected chi connectivity index (χ3v) is 5.45. The average molecular weight is 384 g/mol. The zero-order chi connectivity index (χ0) is 21.2. The Hall–Kier alpha value is -2.89. The fraction of sp³-hybridized carbons (Fsp3) is 0.409. The zero-order valence-corrected chi connectivity index (χ0v) is 17.6. The number of amides is 1. The SMILES string of the molecule is CCc1ccc(C(=O)N(C)C(C)C(=O)c2c(C)c(C(=O)OC)n(C)c2C)cc1. The van der Waals surface area contributed by atoms with Gasteiger partial charge in [-0.15, -0.1) is 0 Å². The number of rotatable bonds is 6. The van der Waals surface area contributed by atoms with Crippen LogP contribution in [0.2, 0.25) is 0 Å². The summed E-state index contributed by atoms with van der Waals surface area (Å²) >= 11 is 0. The molecule has 0 aliphatic carbocycles. The Labute approximate surface area is 166 Å². The third-order valence-electron chi connectivity index (χ3n) is 5.45. The second kappa shape index (κ2) is 8.42. The van der Waals surface area contributed by atoms with E-state index in [0.29, 0.717) is 28.1 Å². The van der Waals surface area contributed by atoms with Crippen LogP contribution in [0.3, 0.4) is 0 Å². The molecule has 6 heteroatoms. The van der Waals surface area contributed by atoms with Gasteiger partial charge in [-0.2, -0.15) is 0 Å². The number of hydrogen-bond donors (Lipinski definition) is 0. The van der Waals surface area contributed by atoms with Crippen molar-refractivity contribution in [2.24, 2.45) is 7.05 Å². The molecule has 0 radical (unpaired) electrons. The summed E-state index contributed by atoms with van der Waals surface area (Å²) in [5.41, 5.74) is 3.72. The van der Waals surface area contributed by atoms with E-state index in [1.165, 1.54) is 12.0 Å². The summed E-state index contributed by atoms with van der Waals surface area (Å²) in [5.74, 6) is -0.917. The molecule has 1 atom stereocenters. The van der Waals surface area contributed by atoms with Crippen molar-refractivity contribution in [3.05, 3.63) is 57.9 Å². The van der Waals surface area contributed by atoms with E-state index in [1.54, 1.807) is 51.6 Å². The van der Waals surface area contributed by atoms with E-state index in [1.807, 2.05) is 12.1 Å². The molecule has 0 fully saturated rings. The molecule has 1 heterocycles. The van der Waals surface area contributed by atoms with Crippen LogP contribution in [-0.2, 0) is 18.2 Å². The Morgan fingerprint density at radius 3 is 2.21 bits per heavy atom. The van der Waals surface area contributed by atoms with Crippen LogP contribution in [0, 0.1) is 13.8 Å². The molecule has 0 N–H and O–H groups in total. The summed E-state index contributed by atoms with van der Waals surface area (Å²) in [6.07, 6.45) is 0.897. The number of carbonyl (C=O) groups is 3. The molecular weight excluding hydrogens is 356 g/mol. The summed E-state index contributed by atoms with van der Waals surface area (Å²) in [5, 5.41) is 0. The number of aromatic nitrogens is 1. The second-order valence-electron chi connectivity index (χ2n) is 6.99. The summed E-state index contributed by atoms with van der Waals surface area (Å²) in [7, 11) is 4.65. The van der Waals surface area contributed by atoms with Gasteiger partial charge in [0.2, 0.25) is 0 Å². The number of carbonyl (C=O) groups excluding carboxylic acids is 3. The van der Waals surface area contributed by atoms with Crippen LogP contribution in [0.1, 0.15) is 61.9 Å². The van der Waals surface area contributed by atoms with Gasteiger partial charge in [-0.25, -0.2) is 4.79 Å². The van der Waals surface area contributed by atoms with Crippen LogP contribution in [0.5, 0.6) is 0 Å². The van der Waals surface area contributed by atoms with Gasteiger partial charge in [0.25, 0.3) is 5.91 Å². The molecule has 0 aliphatic rings. The van der Waals surface area contributed by atoms with Gasteiger partial charge in [0.15, 0.2) is 5.78 Å². The number of aryl methyl sites for hydroxylation is 1. The van der Waals surface area contributed by atoms with Crippen LogP contribution < -0.4 is 0 Å². The number of nitrogens with zero attached hydrogens (tertiary/aromatic N) is 2. The first-order valence-electron chi connectivity index (χ1n) is 9.30. The number of esters is 1. The van der Waals surface area contributed by atoms with Crippen molar-refractivity contribution in [3.8, 4) is 0 Å². The molecule has 2 aromatic rings. The topological polar surface area (TPSA) is 68.6 Å². The molecule has 150 valence electrons. The van der Waals surface area contributed by atoms with Crippen molar-refractivity contribution < 1.29 is 19.1 Å². The van der Waals surface area contributed by atoms with Gasteiger partial charge in [0.05, 0.1) is 13.2 Å². The van der Waals surface area contributed by atoms with Crippen LogP contribution in [0.4, 0.5) is 0 Å². The van der Waals surface area contributed by atoms with Crippen molar-refractivity contribution >= 4 is 17.7 Å². The Morgan fingerprint density at radius 1 is 1.14 bits per heavy atom. The van der Waals surface area contributed by atoms with Gasteiger partial charge < -0.3 is 14.2 Å². The Bertz CT molecular complexity index is 910. The van der Waals surface area contributed by atoms with Gasteiger partial charge in [-0.05, 0) is 50.5 Å². The van der Waals surface area contributed by atoms with E-state index in [0.717, 1.165) is 12.0 Å². The molecule has 0 saturated heterocycles. The highest BCUT2D eigenvalue weighted by Crippen LogP contribution is 2.24. The fourth-order valence-electron chi connectivity index (χ4n) is 3.37. The molecule has 28 heavy (non-hydrogen) atoms. The lowest BCUT2D eigenvalue weighted by atomic mass is 9.99. The van der Waals surface area contributed by atoms with E-state index in [-0.39, 0.29) is 11.7 Å². The van der Waals surface area contributed by atoms with Crippen molar-refractivity contribution in [1.29, 1.82) is 0 Å². The first kappa shape index (κ1) is 21.4. The monoisotopic (exact) mass is 384 g/mol. The predicted molar refractivity (Wildman–Crippen MR) is 108 cm³/mol. The highest BCUT2D eigenvalue weighted by atomic mass is 16.5. The minimum atomic E-state index is -0.677. The van der Waals surface area contributed by atoms with Crippen LogP contribution in [-0.4, -0.2) is 47.3 Å². The lowest BCUT2D eigenvalue weighted by molar-refractivity contribution is 0.0588. The van der Waals surface area contributed by atoms with Crippen molar-refractivity contribution in [1.82, 2.24) is 9.47 Å². The summed E-state index contributed by atoms with van der Waals surface area (Å²) in [6.45, 7) is 7.26. The van der Waals surface area contributed by atoms with Crippen molar-refractivity contribution in [3.63, 3.8) is 0 Å². The van der Waals surface area contributed by atoms with E-state index >= 15 is 0 Å². The highest BCUT2D eigenvalue weighted by Gasteiger charge is 2.31. The number of hydrogen-bond acceptors (Lipinski definition) is 4. The largest absolute Gasteiger partial charge is 0.464 e. The maximum absolute atomic E-state index is 13.2. The van der Waals surface area contributed by atoms with Crippen LogP contribution in [0.15, 0.2) is 24.3 Å². The van der Waals surface area contributed by atoms with E-state index in [4.69, 9.17) is 4.74 Å². The number of likely N-dealkylation sites (N-methyl/N-ethyl adjacent to an activating group) is 1.